The average molecular weight is 284 g/mol. The quantitative estimate of drug-likeness (QED) is 0.848. The third-order valence-corrected chi connectivity index (χ3v) is 3.36. The molecule has 0 aliphatic carbocycles. The molecule has 1 atom stereocenters. The van der Waals surface area contributed by atoms with Crippen LogP contribution < -0.4 is 5.32 Å². The number of rotatable bonds is 6. The highest BCUT2D eigenvalue weighted by Crippen LogP contribution is 2.06. The molecule has 0 bridgehead atoms. The monoisotopic (exact) mass is 284 g/mol. The molecule has 1 amide bonds. The smallest absolute Gasteiger partial charge is 0.226 e. The zero-order valence-electron chi connectivity index (χ0n) is 12.1. The Labute approximate surface area is 124 Å². The lowest BCUT2D eigenvalue weighted by Gasteiger charge is -2.16. The molecule has 1 aromatic carbocycles. The first-order valence-electron chi connectivity index (χ1n) is 7.03. The Morgan fingerprint density at radius 2 is 2.00 bits per heavy atom. The molecule has 2 aromatic rings. The van der Waals surface area contributed by atoms with Crippen molar-refractivity contribution in [2.45, 2.75) is 25.8 Å². The van der Waals surface area contributed by atoms with Crippen LogP contribution >= 0.6 is 0 Å². The van der Waals surface area contributed by atoms with Gasteiger partial charge in [0.25, 0.3) is 0 Å². The maximum absolute atomic E-state index is 12.1. The van der Waals surface area contributed by atoms with Crippen molar-refractivity contribution in [2.75, 3.05) is 6.61 Å². The van der Waals surface area contributed by atoms with Crippen LogP contribution in [-0.2, 0) is 17.6 Å². The van der Waals surface area contributed by atoms with Crippen LogP contribution in [0.15, 0.2) is 48.7 Å². The largest absolute Gasteiger partial charge is 0.394 e. The van der Waals surface area contributed by atoms with E-state index in [9.17, 15) is 9.90 Å². The fourth-order valence-electron chi connectivity index (χ4n) is 2.19. The van der Waals surface area contributed by atoms with E-state index in [2.05, 4.69) is 10.3 Å². The van der Waals surface area contributed by atoms with E-state index < -0.39 is 0 Å². The highest BCUT2D eigenvalue weighted by Gasteiger charge is 2.13. The zero-order chi connectivity index (χ0) is 15.1. The summed E-state index contributed by atoms with van der Waals surface area (Å²) in [6.07, 6.45) is 2.53. The van der Waals surface area contributed by atoms with Crippen molar-refractivity contribution < 1.29 is 9.90 Å². The molecule has 0 unspecified atom stereocenters. The molecule has 1 heterocycles. The number of aliphatic hydroxyl groups excluding tert-OH is 1. The number of pyridine rings is 1. The lowest BCUT2D eigenvalue weighted by molar-refractivity contribution is -0.121. The number of amides is 1. The van der Waals surface area contributed by atoms with E-state index in [4.69, 9.17) is 0 Å². The molecule has 0 saturated heterocycles. The van der Waals surface area contributed by atoms with E-state index in [1.165, 1.54) is 0 Å². The van der Waals surface area contributed by atoms with Gasteiger partial charge in [0.05, 0.1) is 24.8 Å². The van der Waals surface area contributed by atoms with Gasteiger partial charge in [-0.05, 0) is 30.5 Å². The molecule has 4 heteroatoms. The molecule has 21 heavy (non-hydrogen) atoms. The van der Waals surface area contributed by atoms with Gasteiger partial charge in [-0.15, -0.1) is 0 Å². The number of carbonyl (C=O) groups is 1. The minimum absolute atomic E-state index is 0.0815. The maximum atomic E-state index is 12.1. The molecule has 0 fully saturated rings. The fraction of sp³-hybridized carbons (Fsp3) is 0.294. The summed E-state index contributed by atoms with van der Waals surface area (Å²) >= 11 is 0. The molecule has 4 nitrogen and oxygen atoms in total. The molecular weight excluding hydrogens is 264 g/mol. The second-order valence-electron chi connectivity index (χ2n) is 5.08. The van der Waals surface area contributed by atoms with Crippen molar-refractivity contribution in [1.82, 2.24) is 10.3 Å². The van der Waals surface area contributed by atoms with Gasteiger partial charge < -0.3 is 10.4 Å². The van der Waals surface area contributed by atoms with Crippen LogP contribution in [0.25, 0.3) is 0 Å². The van der Waals surface area contributed by atoms with Crippen LogP contribution in [0.1, 0.15) is 16.8 Å². The van der Waals surface area contributed by atoms with Crippen LogP contribution in [0.2, 0.25) is 0 Å². The molecular formula is C17H20N2O2. The molecule has 2 N–H and O–H groups in total. The number of nitrogens with zero attached hydrogens (tertiary/aromatic N) is 1. The Hall–Kier alpha value is -2.20. The topological polar surface area (TPSA) is 62.2 Å². The summed E-state index contributed by atoms with van der Waals surface area (Å²) < 4.78 is 0. The lowest BCUT2D eigenvalue weighted by atomic mass is 10.1. The number of aryl methyl sites for hydroxylation is 1. The molecule has 1 aromatic heterocycles. The second-order valence-corrected chi connectivity index (χ2v) is 5.08. The molecule has 0 aliphatic heterocycles. The summed E-state index contributed by atoms with van der Waals surface area (Å²) in [7, 11) is 0. The molecule has 0 spiro atoms. The van der Waals surface area contributed by atoms with Gasteiger partial charge >= 0.3 is 0 Å². The van der Waals surface area contributed by atoms with Crippen molar-refractivity contribution in [2.24, 2.45) is 0 Å². The standard InChI is InChI=1S/C17H20N2O2/c1-13-6-5-9-18-16(13)11-17(21)19-15(12-20)10-14-7-3-2-4-8-14/h2-9,15,20H,10-12H2,1H3,(H,19,21)/t15-/m1/s1. The minimum Gasteiger partial charge on any atom is -0.394 e. The Kier molecular flexibility index (Phi) is 5.46. The van der Waals surface area contributed by atoms with E-state index in [0.717, 1.165) is 16.8 Å². The summed E-state index contributed by atoms with van der Waals surface area (Å²) in [6, 6.07) is 13.3. The maximum Gasteiger partial charge on any atom is 0.226 e. The third-order valence-electron chi connectivity index (χ3n) is 3.36. The van der Waals surface area contributed by atoms with Crippen LogP contribution in [-0.4, -0.2) is 28.6 Å². The predicted molar refractivity (Wildman–Crippen MR) is 81.8 cm³/mol. The summed E-state index contributed by atoms with van der Waals surface area (Å²) in [6.45, 7) is 1.85. The Morgan fingerprint density at radius 1 is 1.24 bits per heavy atom. The number of hydrogen-bond acceptors (Lipinski definition) is 3. The van der Waals surface area contributed by atoms with Gasteiger partial charge in [-0.3, -0.25) is 9.78 Å². The van der Waals surface area contributed by atoms with Crippen molar-refractivity contribution in [3.8, 4) is 0 Å². The molecule has 0 saturated carbocycles. The van der Waals surface area contributed by atoms with Crippen molar-refractivity contribution in [3.05, 3.63) is 65.5 Å². The summed E-state index contributed by atoms with van der Waals surface area (Å²) in [5, 5.41) is 12.3. The molecule has 2 rings (SSSR count). The number of aliphatic hydroxyl groups is 1. The molecule has 110 valence electrons. The number of nitrogens with one attached hydrogen (secondary N) is 1. The highest BCUT2D eigenvalue weighted by atomic mass is 16.3. The van der Waals surface area contributed by atoms with Crippen LogP contribution in [0, 0.1) is 6.92 Å². The normalized spacial score (nSPS) is 11.9. The number of benzene rings is 1. The van der Waals surface area contributed by atoms with Gasteiger partial charge in [0, 0.05) is 6.20 Å². The van der Waals surface area contributed by atoms with Crippen LogP contribution in [0.4, 0.5) is 0 Å². The van der Waals surface area contributed by atoms with Crippen molar-refractivity contribution in [1.29, 1.82) is 0 Å². The van der Waals surface area contributed by atoms with E-state index in [0.29, 0.717) is 6.42 Å². The van der Waals surface area contributed by atoms with Gasteiger partial charge in [0.15, 0.2) is 0 Å². The Balaban J connectivity index is 1.92. The first kappa shape index (κ1) is 15.2. The highest BCUT2D eigenvalue weighted by molar-refractivity contribution is 5.78. The Morgan fingerprint density at radius 3 is 2.67 bits per heavy atom. The number of hydrogen-bond donors (Lipinski definition) is 2. The average Bonchev–Trinajstić information content (AvgIpc) is 2.50. The zero-order valence-corrected chi connectivity index (χ0v) is 12.1. The van der Waals surface area contributed by atoms with Gasteiger partial charge in [-0.25, -0.2) is 0 Å². The Bertz CT molecular complexity index is 584. The molecule has 0 radical (unpaired) electrons. The van der Waals surface area contributed by atoms with Gasteiger partial charge in [0.2, 0.25) is 5.91 Å². The van der Waals surface area contributed by atoms with E-state index in [1.54, 1.807) is 6.20 Å². The SMILES string of the molecule is Cc1cccnc1CC(=O)N[C@@H](CO)Cc1ccccc1. The predicted octanol–water partition coefficient (Wildman–Crippen LogP) is 1.65. The number of carbonyl (C=O) groups excluding carboxylic acids is 1. The van der Waals surface area contributed by atoms with Gasteiger partial charge in [0.1, 0.15) is 0 Å². The summed E-state index contributed by atoms with van der Waals surface area (Å²) in [5.74, 6) is -0.119. The molecule has 0 aliphatic rings. The van der Waals surface area contributed by atoms with Gasteiger partial charge in [-0.1, -0.05) is 36.4 Å². The summed E-state index contributed by atoms with van der Waals surface area (Å²) in [4.78, 5) is 16.3. The first-order chi connectivity index (χ1) is 10.2. The van der Waals surface area contributed by atoms with Crippen molar-refractivity contribution in [3.63, 3.8) is 0 Å². The second kappa shape index (κ2) is 7.55. The fourth-order valence-corrected chi connectivity index (χ4v) is 2.19. The first-order valence-corrected chi connectivity index (χ1v) is 7.03. The van der Waals surface area contributed by atoms with E-state index in [1.807, 2.05) is 49.4 Å². The third kappa shape index (κ3) is 4.68. The van der Waals surface area contributed by atoms with E-state index >= 15 is 0 Å². The summed E-state index contributed by atoms with van der Waals surface area (Å²) in [5.41, 5.74) is 2.86. The minimum atomic E-state index is -0.274. The lowest BCUT2D eigenvalue weighted by Crippen LogP contribution is -2.40. The van der Waals surface area contributed by atoms with Crippen molar-refractivity contribution >= 4 is 5.91 Å². The van der Waals surface area contributed by atoms with E-state index in [-0.39, 0.29) is 25.0 Å². The number of aromatic nitrogens is 1. The van der Waals surface area contributed by atoms with Crippen LogP contribution in [0.5, 0.6) is 0 Å². The van der Waals surface area contributed by atoms with Crippen LogP contribution in [0.3, 0.4) is 0 Å². The van der Waals surface area contributed by atoms with Gasteiger partial charge in [-0.2, -0.15) is 0 Å².